The van der Waals surface area contributed by atoms with E-state index in [0.29, 0.717) is 31.7 Å². The van der Waals surface area contributed by atoms with Crippen LogP contribution >= 0.6 is 0 Å². The molecule has 2 heterocycles. The molecule has 0 saturated carbocycles. The predicted molar refractivity (Wildman–Crippen MR) is 93.9 cm³/mol. The highest BCUT2D eigenvalue weighted by molar-refractivity contribution is 7.89. The van der Waals surface area contributed by atoms with Gasteiger partial charge in [0.25, 0.3) is 0 Å². The number of hydrogen-bond acceptors (Lipinski definition) is 5. The molecule has 1 aliphatic rings. The third-order valence-corrected chi connectivity index (χ3v) is 6.31. The minimum Gasteiger partial charge on any atom is -0.299 e. The highest BCUT2D eigenvalue weighted by atomic mass is 32.2. The Morgan fingerprint density at radius 2 is 1.88 bits per heavy atom. The number of ketones is 1. The van der Waals surface area contributed by atoms with Crippen molar-refractivity contribution in [1.29, 1.82) is 0 Å². The van der Waals surface area contributed by atoms with Gasteiger partial charge >= 0.3 is 0 Å². The molecule has 1 fully saturated rings. The van der Waals surface area contributed by atoms with E-state index in [9.17, 15) is 13.2 Å². The van der Waals surface area contributed by atoms with E-state index >= 15 is 0 Å². The van der Waals surface area contributed by atoms with E-state index in [0.717, 1.165) is 13.1 Å². The number of rotatable bonds is 6. The van der Waals surface area contributed by atoms with Crippen LogP contribution in [-0.4, -0.2) is 65.9 Å². The standard InChI is InChI=1S/C17H22N4O3S/c1-15(22)16-4-2-5-17(14-16)25(23,24)21-12-9-19(10-13-21)8-11-20-7-3-6-18-20/h2-7,14H,8-13H2,1H3. The fourth-order valence-corrected chi connectivity index (χ4v) is 4.36. The van der Waals surface area contributed by atoms with E-state index in [4.69, 9.17) is 0 Å². The van der Waals surface area contributed by atoms with Crippen LogP contribution in [0.15, 0.2) is 47.6 Å². The molecule has 3 rings (SSSR count). The van der Waals surface area contributed by atoms with Crippen LogP contribution < -0.4 is 0 Å². The van der Waals surface area contributed by atoms with Crippen LogP contribution in [0, 0.1) is 0 Å². The summed E-state index contributed by atoms with van der Waals surface area (Å²) in [4.78, 5) is 13.9. The van der Waals surface area contributed by atoms with Gasteiger partial charge in [0.15, 0.2) is 5.78 Å². The lowest BCUT2D eigenvalue weighted by Crippen LogP contribution is -2.49. The Labute approximate surface area is 147 Å². The molecular weight excluding hydrogens is 340 g/mol. The highest BCUT2D eigenvalue weighted by Gasteiger charge is 2.28. The van der Waals surface area contributed by atoms with Gasteiger partial charge < -0.3 is 0 Å². The van der Waals surface area contributed by atoms with E-state index < -0.39 is 10.0 Å². The number of carbonyl (C=O) groups is 1. The molecule has 2 aromatic rings. The maximum Gasteiger partial charge on any atom is 0.243 e. The molecule has 0 N–H and O–H groups in total. The van der Waals surface area contributed by atoms with Gasteiger partial charge in [-0.2, -0.15) is 9.40 Å². The number of piperazine rings is 1. The highest BCUT2D eigenvalue weighted by Crippen LogP contribution is 2.19. The second kappa shape index (κ2) is 7.47. The van der Waals surface area contributed by atoms with Crippen molar-refractivity contribution in [3.63, 3.8) is 0 Å². The minimum absolute atomic E-state index is 0.138. The van der Waals surface area contributed by atoms with Gasteiger partial charge in [0.2, 0.25) is 10.0 Å². The molecule has 0 aliphatic carbocycles. The van der Waals surface area contributed by atoms with Crippen molar-refractivity contribution in [2.75, 3.05) is 32.7 Å². The monoisotopic (exact) mass is 362 g/mol. The molecule has 0 unspecified atom stereocenters. The van der Waals surface area contributed by atoms with Crippen molar-refractivity contribution in [3.05, 3.63) is 48.3 Å². The molecule has 8 heteroatoms. The number of benzene rings is 1. The summed E-state index contributed by atoms with van der Waals surface area (Å²) in [5.41, 5.74) is 0.416. The van der Waals surface area contributed by atoms with E-state index in [-0.39, 0.29) is 10.7 Å². The van der Waals surface area contributed by atoms with Crippen molar-refractivity contribution in [2.24, 2.45) is 0 Å². The van der Waals surface area contributed by atoms with E-state index in [1.165, 1.54) is 17.3 Å². The predicted octanol–water partition coefficient (Wildman–Crippen LogP) is 1.09. The first-order valence-corrected chi connectivity index (χ1v) is 9.72. The van der Waals surface area contributed by atoms with Crippen molar-refractivity contribution in [2.45, 2.75) is 18.4 Å². The zero-order chi connectivity index (χ0) is 17.9. The first-order valence-electron chi connectivity index (χ1n) is 8.28. The van der Waals surface area contributed by atoms with Gasteiger partial charge in [-0.05, 0) is 25.1 Å². The van der Waals surface area contributed by atoms with Crippen LogP contribution in [-0.2, 0) is 16.6 Å². The molecule has 1 aromatic carbocycles. The molecule has 25 heavy (non-hydrogen) atoms. The van der Waals surface area contributed by atoms with Crippen molar-refractivity contribution >= 4 is 15.8 Å². The molecule has 0 spiro atoms. The normalized spacial score (nSPS) is 16.8. The van der Waals surface area contributed by atoms with E-state index in [1.807, 2.05) is 16.9 Å². The first kappa shape index (κ1) is 17.8. The first-order chi connectivity index (χ1) is 12.0. The SMILES string of the molecule is CC(=O)c1cccc(S(=O)(=O)N2CCN(CCn3cccn3)CC2)c1. The number of nitrogens with zero attached hydrogens (tertiary/aromatic N) is 4. The lowest BCUT2D eigenvalue weighted by Gasteiger charge is -2.33. The lowest BCUT2D eigenvalue weighted by atomic mass is 10.2. The Morgan fingerprint density at radius 1 is 1.12 bits per heavy atom. The zero-order valence-electron chi connectivity index (χ0n) is 14.2. The number of Topliss-reactive ketones (excluding diaryl/α,β-unsaturated/α-hetero) is 1. The maximum absolute atomic E-state index is 12.8. The Balaban J connectivity index is 1.61. The second-order valence-corrected chi connectivity index (χ2v) is 8.04. The summed E-state index contributed by atoms with van der Waals surface area (Å²) >= 11 is 0. The average Bonchev–Trinajstić information content (AvgIpc) is 3.14. The smallest absolute Gasteiger partial charge is 0.243 e. The molecule has 0 atom stereocenters. The van der Waals surface area contributed by atoms with Crippen LogP contribution in [0.5, 0.6) is 0 Å². The minimum atomic E-state index is -3.56. The Kier molecular flexibility index (Phi) is 5.31. The molecule has 1 aliphatic heterocycles. The summed E-state index contributed by atoms with van der Waals surface area (Å²) in [5.74, 6) is -0.138. The van der Waals surface area contributed by atoms with Gasteiger partial charge in [-0.1, -0.05) is 12.1 Å². The van der Waals surface area contributed by atoms with Gasteiger partial charge in [0.1, 0.15) is 0 Å². The van der Waals surface area contributed by atoms with Gasteiger partial charge in [0.05, 0.1) is 11.4 Å². The summed E-state index contributed by atoms with van der Waals surface area (Å²) in [6.07, 6.45) is 3.67. The quantitative estimate of drug-likeness (QED) is 0.719. The Bertz CT molecular complexity index is 825. The van der Waals surface area contributed by atoms with Gasteiger partial charge in [0, 0.05) is 50.7 Å². The summed E-state index contributed by atoms with van der Waals surface area (Å²) in [5, 5.41) is 4.17. The second-order valence-electron chi connectivity index (χ2n) is 6.10. The fraction of sp³-hybridized carbons (Fsp3) is 0.412. The van der Waals surface area contributed by atoms with Crippen molar-refractivity contribution < 1.29 is 13.2 Å². The fourth-order valence-electron chi connectivity index (χ4n) is 2.89. The van der Waals surface area contributed by atoms with Crippen LogP contribution in [0.2, 0.25) is 0 Å². The summed E-state index contributed by atoms with van der Waals surface area (Å²) in [7, 11) is -3.56. The number of aromatic nitrogens is 2. The van der Waals surface area contributed by atoms with Crippen LogP contribution in [0.25, 0.3) is 0 Å². The molecule has 0 amide bonds. The summed E-state index contributed by atoms with van der Waals surface area (Å²) in [6.45, 7) is 5.34. The summed E-state index contributed by atoms with van der Waals surface area (Å²) < 4.78 is 29.0. The molecule has 1 aromatic heterocycles. The maximum atomic E-state index is 12.8. The average molecular weight is 362 g/mol. The topological polar surface area (TPSA) is 75.5 Å². The van der Waals surface area contributed by atoms with Crippen LogP contribution in [0.4, 0.5) is 0 Å². The van der Waals surface area contributed by atoms with E-state index in [2.05, 4.69) is 10.00 Å². The molecule has 7 nitrogen and oxygen atoms in total. The third kappa shape index (κ3) is 4.15. The third-order valence-electron chi connectivity index (χ3n) is 4.41. The Hall–Kier alpha value is -2.03. The molecular formula is C17H22N4O3S. The summed E-state index contributed by atoms with van der Waals surface area (Å²) in [6, 6.07) is 8.14. The van der Waals surface area contributed by atoms with Gasteiger partial charge in [-0.3, -0.25) is 14.4 Å². The van der Waals surface area contributed by atoms with Crippen molar-refractivity contribution in [1.82, 2.24) is 19.0 Å². The number of carbonyl (C=O) groups excluding carboxylic acids is 1. The zero-order valence-corrected chi connectivity index (χ0v) is 15.0. The van der Waals surface area contributed by atoms with Crippen LogP contribution in [0.3, 0.4) is 0 Å². The van der Waals surface area contributed by atoms with Gasteiger partial charge in [-0.15, -0.1) is 0 Å². The molecule has 0 bridgehead atoms. The largest absolute Gasteiger partial charge is 0.299 e. The lowest BCUT2D eigenvalue weighted by molar-refractivity contribution is 0.101. The van der Waals surface area contributed by atoms with Crippen LogP contribution in [0.1, 0.15) is 17.3 Å². The number of hydrogen-bond donors (Lipinski definition) is 0. The van der Waals surface area contributed by atoms with Gasteiger partial charge in [-0.25, -0.2) is 8.42 Å². The molecule has 0 radical (unpaired) electrons. The Morgan fingerprint density at radius 3 is 2.52 bits per heavy atom. The molecule has 1 saturated heterocycles. The van der Waals surface area contributed by atoms with E-state index in [1.54, 1.807) is 24.4 Å². The molecule has 134 valence electrons. The van der Waals surface area contributed by atoms with Crippen molar-refractivity contribution in [3.8, 4) is 0 Å². The number of sulfonamides is 1.